The molecule has 3 N–H and O–H groups in total. The molecule has 0 radical (unpaired) electrons. The number of nitrogens with zero attached hydrogens (tertiary/aromatic N) is 3. The summed E-state index contributed by atoms with van der Waals surface area (Å²) in [4.78, 5) is 0. The maximum absolute atomic E-state index is 13.9. The Kier molecular flexibility index (Phi) is 3.61. The summed E-state index contributed by atoms with van der Waals surface area (Å²) >= 11 is 0. The minimum absolute atomic E-state index is 0.0925. The lowest BCUT2D eigenvalue weighted by Crippen LogP contribution is -2.08. The highest BCUT2D eigenvalue weighted by Crippen LogP contribution is 2.29. The number of halogens is 1. The number of hydrogen-bond donors (Lipinski definition) is 2. The lowest BCUT2D eigenvalue weighted by molar-refractivity contribution is 0.536. The Hall–Kier alpha value is -2.55. The Morgan fingerprint density at radius 2 is 2.15 bits per heavy atom. The molecule has 0 bridgehead atoms. The average Bonchev–Trinajstić information content (AvgIpc) is 2.69. The zero-order valence-electron chi connectivity index (χ0n) is 11.6. The van der Waals surface area contributed by atoms with E-state index in [2.05, 4.69) is 10.4 Å². The predicted molar refractivity (Wildman–Crippen MR) is 76.2 cm³/mol. The summed E-state index contributed by atoms with van der Waals surface area (Å²) in [5, 5.41) is 16.0. The number of nitrogens with one attached hydrogen (secondary N) is 1. The van der Waals surface area contributed by atoms with Gasteiger partial charge in [-0.05, 0) is 39.0 Å². The summed E-state index contributed by atoms with van der Waals surface area (Å²) in [5.41, 5.74) is 7.69. The average molecular weight is 273 g/mol. The van der Waals surface area contributed by atoms with Crippen molar-refractivity contribution in [2.45, 2.75) is 26.8 Å². The lowest BCUT2D eigenvalue weighted by atomic mass is 10.2. The van der Waals surface area contributed by atoms with Gasteiger partial charge in [-0.25, -0.2) is 9.07 Å². The van der Waals surface area contributed by atoms with Crippen LogP contribution in [0.3, 0.4) is 0 Å². The number of nitrogens with two attached hydrogens (primary N) is 1. The van der Waals surface area contributed by atoms with E-state index in [4.69, 9.17) is 11.0 Å². The van der Waals surface area contributed by atoms with Crippen molar-refractivity contribution < 1.29 is 4.39 Å². The molecular weight excluding hydrogens is 257 g/mol. The number of benzene rings is 1. The largest absolute Gasteiger partial charge is 0.394 e. The predicted octanol–water partition coefficient (Wildman–Crippen LogP) is 3.11. The molecule has 0 aliphatic heterocycles. The second-order valence-electron chi connectivity index (χ2n) is 4.82. The molecule has 0 unspecified atom stereocenters. The molecule has 0 amide bonds. The van der Waals surface area contributed by atoms with Crippen LogP contribution in [-0.2, 0) is 0 Å². The van der Waals surface area contributed by atoms with E-state index in [-0.39, 0.29) is 17.3 Å². The van der Waals surface area contributed by atoms with Crippen molar-refractivity contribution in [2.24, 2.45) is 0 Å². The van der Waals surface area contributed by atoms with Gasteiger partial charge >= 0.3 is 0 Å². The monoisotopic (exact) mass is 273 g/mol. The van der Waals surface area contributed by atoms with Crippen LogP contribution in [0.5, 0.6) is 0 Å². The third-order valence-corrected chi connectivity index (χ3v) is 2.97. The lowest BCUT2D eigenvalue weighted by Gasteiger charge is -2.14. The molecule has 0 atom stereocenters. The van der Waals surface area contributed by atoms with Crippen molar-refractivity contribution in [1.29, 1.82) is 5.26 Å². The number of rotatable bonds is 3. The number of hydrogen-bond acceptors (Lipinski definition) is 4. The molecule has 0 saturated carbocycles. The zero-order valence-corrected chi connectivity index (χ0v) is 11.6. The molecule has 1 aromatic heterocycles. The van der Waals surface area contributed by atoms with Gasteiger partial charge in [0.15, 0.2) is 5.82 Å². The van der Waals surface area contributed by atoms with Gasteiger partial charge in [-0.15, -0.1) is 0 Å². The number of nitrogen functional groups attached to an aromatic ring is 1. The normalized spacial score (nSPS) is 10.6. The molecule has 1 aromatic carbocycles. The van der Waals surface area contributed by atoms with E-state index < -0.39 is 5.82 Å². The Balaban J connectivity index is 2.43. The fourth-order valence-electron chi connectivity index (χ4n) is 1.87. The third kappa shape index (κ3) is 2.43. The molecule has 0 aliphatic rings. The summed E-state index contributed by atoms with van der Waals surface area (Å²) in [5.74, 6) is 0.0544. The van der Waals surface area contributed by atoms with E-state index in [0.717, 1.165) is 0 Å². The molecule has 0 saturated heterocycles. The van der Waals surface area contributed by atoms with Crippen molar-refractivity contribution >= 4 is 17.2 Å². The Morgan fingerprint density at radius 1 is 1.45 bits per heavy atom. The first-order valence-electron chi connectivity index (χ1n) is 6.25. The first-order chi connectivity index (χ1) is 9.43. The number of nitriles is 1. The summed E-state index contributed by atoms with van der Waals surface area (Å²) in [6, 6.07) is 6.23. The molecule has 104 valence electrons. The second kappa shape index (κ2) is 5.21. The van der Waals surface area contributed by atoms with Gasteiger partial charge in [0.1, 0.15) is 5.82 Å². The van der Waals surface area contributed by atoms with E-state index in [1.165, 1.54) is 12.1 Å². The van der Waals surface area contributed by atoms with Crippen LogP contribution in [0.25, 0.3) is 0 Å². The number of anilines is 3. The molecule has 0 aliphatic carbocycles. The van der Waals surface area contributed by atoms with Crippen LogP contribution < -0.4 is 11.1 Å². The smallest absolute Gasteiger partial charge is 0.152 e. The quantitative estimate of drug-likeness (QED) is 0.900. The van der Waals surface area contributed by atoms with Gasteiger partial charge in [-0.3, -0.25) is 0 Å². The Bertz CT molecular complexity index is 682. The van der Waals surface area contributed by atoms with Crippen LogP contribution in [0.2, 0.25) is 0 Å². The van der Waals surface area contributed by atoms with Crippen molar-refractivity contribution in [3.8, 4) is 6.07 Å². The van der Waals surface area contributed by atoms with Crippen LogP contribution in [0.15, 0.2) is 18.2 Å². The number of aromatic nitrogens is 2. The molecule has 0 spiro atoms. The summed E-state index contributed by atoms with van der Waals surface area (Å²) in [7, 11) is 0. The van der Waals surface area contributed by atoms with Crippen molar-refractivity contribution in [2.75, 3.05) is 11.1 Å². The zero-order chi connectivity index (χ0) is 14.9. The number of aryl methyl sites for hydroxylation is 1. The van der Waals surface area contributed by atoms with E-state index in [1.54, 1.807) is 17.7 Å². The van der Waals surface area contributed by atoms with Crippen LogP contribution in [0.4, 0.5) is 21.6 Å². The maximum Gasteiger partial charge on any atom is 0.152 e. The third-order valence-electron chi connectivity index (χ3n) is 2.97. The highest BCUT2D eigenvalue weighted by molar-refractivity contribution is 5.71. The fraction of sp³-hybridized carbons (Fsp3) is 0.286. The molecule has 1 heterocycles. The highest BCUT2D eigenvalue weighted by atomic mass is 19.1. The van der Waals surface area contributed by atoms with E-state index in [0.29, 0.717) is 17.2 Å². The van der Waals surface area contributed by atoms with Gasteiger partial charge in [0.25, 0.3) is 0 Å². The maximum atomic E-state index is 13.9. The molecule has 2 aromatic rings. The van der Waals surface area contributed by atoms with Crippen molar-refractivity contribution in [3.63, 3.8) is 0 Å². The molecule has 2 rings (SSSR count). The van der Waals surface area contributed by atoms with Gasteiger partial charge in [-0.1, -0.05) is 0 Å². The SMILES string of the molecule is Cc1nn(C(C)C)c(Nc2ccc(C#N)cc2F)c1N. The fourth-order valence-corrected chi connectivity index (χ4v) is 1.87. The molecule has 0 fully saturated rings. The van der Waals surface area contributed by atoms with Crippen LogP contribution >= 0.6 is 0 Å². The van der Waals surface area contributed by atoms with Crippen molar-refractivity contribution in [1.82, 2.24) is 9.78 Å². The molecular formula is C14H16FN5. The second-order valence-corrected chi connectivity index (χ2v) is 4.82. The molecule has 6 heteroatoms. The first kappa shape index (κ1) is 13.9. The van der Waals surface area contributed by atoms with Crippen LogP contribution in [-0.4, -0.2) is 9.78 Å². The van der Waals surface area contributed by atoms with Gasteiger partial charge < -0.3 is 11.1 Å². The Morgan fingerprint density at radius 3 is 2.70 bits per heavy atom. The van der Waals surface area contributed by atoms with Gasteiger partial charge in [0.2, 0.25) is 0 Å². The highest BCUT2D eigenvalue weighted by Gasteiger charge is 2.16. The van der Waals surface area contributed by atoms with E-state index in [9.17, 15) is 4.39 Å². The minimum Gasteiger partial charge on any atom is -0.394 e. The minimum atomic E-state index is -0.502. The molecule has 20 heavy (non-hydrogen) atoms. The van der Waals surface area contributed by atoms with Gasteiger partial charge in [0, 0.05) is 6.04 Å². The summed E-state index contributed by atoms with van der Waals surface area (Å²) < 4.78 is 15.6. The first-order valence-corrected chi connectivity index (χ1v) is 6.25. The molecule has 5 nitrogen and oxygen atoms in total. The van der Waals surface area contributed by atoms with E-state index in [1.807, 2.05) is 19.9 Å². The topological polar surface area (TPSA) is 79.7 Å². The van der Waals surface area contributed by atoms with Crippen LogP contribution in [0.1, 0.15) is 31.1 Å². The van der Waals surface area contributed by atoms with Crippen LogP contribution in [0, 0.1) is 24.1 Å². The van der Waals surface area contributed by atoms with Crippen molar-refractivity contribution in [3.05, 3.63) is 35.3 Å². The summed E-state index contributed by atoms with van der Waals surface area (Å²) in [6.45, 7) is 5.73. The summed E-state index contributed by atoms with van der Waals surface area (Å²) in [6.07, 6.45) is 0. The van der Waals surface area contributed by atoms with Gasteiger partial charge in [0.05, 0.1) is 28.7 Å². The van der Waals surface area contributed by atoms with Gasteiger partial charge in [-0.2, -0.15) is 10.4 Å². The Labute approximate surface area is 116 Å². The standard InChI is InChI=1S/C14H16FN5/c1-8(2)20-14(13(17)9(3)19-20)18-12-5-4-10(7-16)6-11(12)15/h4-6,8,18H,17H2,1-3H3. The van der Waals surface area contributed by atoms with E-state index >= 15 is 0 Å².